The van der Waals surface area contributed by atoms with E-state index in [1.807, 2.05) is 24.3 Å². The predicted molar refractivity (Wildman–Crippen MR) is 89.6 cm³/mol. The molecule has 1 aliphatic rings. The third-order valence-electron chi connectivity index (χ3n) is 3.98. The van der Waals surface area contributed by atoms with E-state index in [4.69, 9.17) is 15.2 Å². The van der Waals surface area contributed by atoms with Crippen molar-refractivity contribution in [2.45, 2.75) is 19.3 Å². The summed E-state index contributed by atoms with van der Waals surface area (Å²) in [5, 5.41) is 2.97. The molecule has 2 rings (SSSR count). The van der Waals surface area contributed by atoms with Crippen LogP contribution < -0.4 is 15.8 Å². The van der Waals surface area contributed by atoms with Crippen LogP contribution in [0.15, 0.2) is 24.3 Å². The second kappa shape index (κ2) is 9.66. The van der Waals surface area contributed by atoms with Gasteiger partial charge in [-0.25, -0.2) is 0 Å². The zero-order valence-corrected chi connectivity index (χ0v) is 13.7. The molecule has 0 bridgehead atoms. The fourth-order valence-electron chi connectivity index (χ4n) is 2.78. The van der Waals surface area contributed by atoms with Crippen LogP contribution in [0.1, 0.15) is 19.3 Å². The molecule has 1 amide bonds. The lowest BCUT2D eigenvalue weighted by atomic mass is 9.95. The van der Waals surface area contributed by atoms with Crippen LogP contribution in [0.4, 0.5) is 5.69 Å². The zero-order valence-electron chi connectivity index (χ0n) is 12.9. The Morgan fingerprint density at radius 1 is 1.27 bits per heavy atom. The molecule has 124 valence electrons. The Morgan fingerprint density at radius 2 is 2.00 bits per heavy atom. The van der Waals surface area contributed by atoms with E-state index in [9.17, 15) is 4.79 Å². The van der Waals surface area contributed by atoms with Crippen molar-refractivity contribution in [3.8, 4) is 5.75 Å². The summed E-state index contributed by atoms with van der Waals surface area (Å²) in [7, 11) is 1.64. The summed E-state index contributed by atoms with van der Waals surface area (Å²) in [6, 6.07) is 7.40. The maximum atomic E-state index is 12.3. The largest absolute Gasteiger partial charge is 0.491 e. The molecule has 1 fully saturated rings. The van der Waals surface area contributed by atoms with Gasteiger partial charge in [-0.1, -0.05) is 6.42 Å². The van der Waals surface area contributed by atoms with Crippen molar-refractivity contribution in [1.29, 1.82) is 0 Å². The third-order valence-corrected chi connectivity index (χ3v) is 3.98. The second-order valence-electron chi connectivity index (χ2n) is 5.39. The molecule has 2 atom stereocenters. The molecule has 0 aromatic heterocycles. The first-order valence-electron chi connectivity index (χ1n) is 7.47. The summed E-state index contributed by atoms with van der Waals surface area (Å²) < 4.78 is 10.4. The molecule has 0 saturated heterocycles. The fraction of sp³-hybridized carbons (Fsp3) is 0.562. The van der Waals surface area contributed by atoms with E-state index in [0.29, 0.717) is 25.7 Å². The van der Waals surface area contributed by atoms with Crippen LogP contribution in [0.2, 0.25) is 0 Å². The van der Waals surface area contributed by atoms with Crippen molar-refractivity contribution in [3.63, 3.8) is 0 Å². The zero-order chi connectivity index (χ0) is 15.1. The molecule has 1 aromatic carbocycles. The quantitative estimate of drug-likeness (QED) is 0.754. The number of nitrogens with two attached hydrogens (primary N) is 1. The summed E-state index contributed by atoms with van der Waals surface area (Å²) in [6.45, 7) is 1.66. The Hall–Kier alpha value is -1.30. The highest BCUT2D eigenvalue weighted by Crippen LogP contribution is 2.32. The van der Waals surface area contributed by atoms with Crippen LogP contribution in [-0.2, 0) is 9.53 Å². The number of hydrogen-bond donors (Lipinski definition) is 2. The van der Waals surface area contributed by atoms with Gasteiger partial charge < -0.3 is 20.5 Å². The maximum absolute atomic E-state index is 12.3. The van der Waals surface area contributed by atoms with E-state index in [1.165, 1.54) is 0 Å². The molecular weight excluding hydrogens is 304 g/mol. The molecule has 3 N–H and O–H groups in total. The van der Waals surface area contributed by atoms with Gasteiger partial charge in [0.15, 0.2) is 0 Å². The lowest BCUT2D eigenvalue weighted by Gasteiger charge is -2.17. The number of anilines is 1. The Morgan fingerprint density at radius 3 is 2.64 bits per heavy atom. The van der Waals surface area contributed by atoms with Crippen LogP contribution in [0.5, 0.6) is 5.75 Å². The number of nitrogens with one attached hydrogen (secondary N) is 1. The van der Waals surface area contributed by atoms with Crippen molar-refractivity contribution in [2.75, 3.05) is 32.2 Å². The van der Waals surface area contributed by atoms with E-state index < -0.39 is 0 Å². The number of hydrogen-bond acceptors (Lipinski definition) is 4. The van der Waals surface area contributed by atoms with Crippen LogP contribution in [-0.4, -0.2) is 32.8 Å². The highest BCUT2D eigenvalue weighted by atomic mass is 35.5. The Kier molecular flexibility index (Phi) is 8.24. The van der Waals surface area contributed by atoms with E-state index in [-0.39, 0.29) is 24.2 Å². The molecule has 6 heteroatoms. The van der Waals surface area contributed by atoms with Crippen molar-refractivity contribution in [1.82, 2.24) is 0 Å². The van der Waals surface area contributed by atoms with E-state index >= 15 is 0 Å². The van der Waals surface area contributed by atoms with Crippen LogP contribution >= 0.6 is 12.4 Å². The molecule has 1 saturated carbocycles. The minimum atomic E-state index is 0. The molecule has 5 nitrogen and oxygen atoms in total. The van der Waals surface area contributed by atoms with E-state index in [0.717, 1.165) is 30.7 Å². The van der Waals surface area contributed by atoms with Gasteiger partial charge in [0.2, 0.25) is 5.91 Å². The lowest BCUT2D eigenvalue weighted by molar-refractivity contribution is -0.120. The Balaban J connectivity index is 0.00000242. The standard InChI is InChI=1S/C16H24N2O3.ClH/c1-20-9-10-21-14-7-5-13(6-8-14)18-16(19)15-4-2-3-12(15)11-17;/h5-8,12,15H,2-4,9-11,17H2,1H3,(H,18,19);1H/t12-,15-;/m1./s1. The highest BCUT2D eigenvalue weighted by Gasteiger charge is 2.31. The molecule has 22 heavy (non-hydrogen) atoms. The molecule has 0 unspecified atom stereocenters. The molecular formula is C16H25ClN2O3. The number of carbonyl (C=O) groups excluding carboxylic acids is 1. The van der Waals surface area contributed by atoms with Crippen molar-refractivity contribution < 1.29 is 14.3 Å². The number of methoxy groups -OCH3 is 1. The fourth-order valence-corrected chi connectivity index (χ4v) is 2.78. The van der Waals surface area contributed by atoms with E-state index in [1.54, 1.807) is 7.11 Å². The molecule has 1 aliphatic carbocycles. The SMILES string of the molecule is COCCOc1ccc(NC(=O)[C@@H]2CCC[C@@H]2CN)cc1.Cl. The normalized spacial score (nSPS) is 20.3. The minimum absolute atomic E-state index is 0. The predicted octanol–water partition coefficient (Wildman–Crippen LogP) is 2.45. The van der Waals surface area contributed by atoms with Crippen LogP contribution in [0, 0.1) is 11.8 Å². The van der Waals surface area contributed by atoms with Gasteiger partial charge in [-0.15, -0.1) is 12.4 Å². The summed E-state index contributed by atoms with van der Waals surface area (Å²) in [4.78, 5) is 12.3. The van der Waals surface area contributed by atoms with Gasteiger partial charge in [-0.05, 0) is 49.6 Å². The van der Waals surface area contributed by atoms with E-state index in [2.05, 4.69) is 5.32 Å². The topological polar surface area (TPSA) is 73.6 Å². The van der Waals surface area contributed by atoms with Crippen molar-refractivity contribution >= 4 is 24.0 Å². The molecule has 0 spiro atoms. The number of benzene rings is 1. The smallest absolute Gasteiger partial charge is 0.227 e. The van der Waals surface area contributed by atoms with Gasteiger partial charge in [0.05, 0.1) is 6.61 Å². The molecule has 0 radical (unpaired) electrons. The first kappa shape index (κ1) is 18.7. The Bertz CT molecular complexity index is 453. The van der Waals surface area contributed by atoms with Gasteiger partial charge in [-0.2, -0.15) is 0 Å². The second-order valence-corrected chi connectivity index (χ2v) is 5.39. The van der Waals surface area contributed by atoms with Crippen LogP contribution in [0.3, 0.4) is 0 Å². The number of rotatable bonds is 7. The first-order chi connectivity index (χ1) is 10.2. The van der Waals surface area contributed by atoms with Gasteiger partial charge in [0.25, 0.3) is 0 Å². The summed E-state index contributed by atoms with van der Waals surface area (Å²) >= 11 is 0. The number of ether oxygens (including phenoxy) is 2. The number of halogens is 1. The molecule has 0 aliphatic heterocycles. The Labute approximate surface area is 138 Å². The van der Waals surface area contributed by atoms with Gasteiger partial charge in [-0.3, -0.25) is 4.79 Å². The van der Waals surface area contributed by atoms with Gasteiger partial charge in [0.1, 0.15) is 12.4 Å². The molecule has 0 heterocycles. The summed E-state index contributed by atoms with van der Waals surface area (Å²) in [5.41, 5.74) is 6.52. The van der Waals surface area contributed by atoms with Gasteiger partial charge >= 0.3 is 0 Å². The number of amides is 1. The summed E-state index contributed by atoms with van der Waals surface area (Å²) in [5.74, 6) is 1.22. The van der Waals surface area contributed by atoms with Crippen molar-refractivity contribution in [3.05, 3.63) is 24.3 Å². The minimum Gasteiger partial charge on any atom is -0.491 e. The van der Waals surface area contributed by atoms with Crippen LogP contribution in [0.25, 0.3) is 0 Å². The first-order valence-corrected chi connectivity index (χ1v) is 7.47. The lowest BCUT2D eigenvalue weighted by Crippen LogP contribution is -2.29. The third kappa shape index (κ3) is 5.16. The van der Waals surface area contributed by atoms with Crippen molar-refractivity contribution in [2.24, 2.45) is 17.6 Å². The number of carbonyl (C=O) groups is 1. The average Bonchev–Trinajstić information content (AvgIpc) is 2.98. The van der Waals surface area contributed by atoms with Gasteiger partial charge in [0, 0.05) is 18.7 Å². The monoisotopic (exact) mass is 328 g/mol. The molecule has 1 aromatic rings. The maximum Gasteiger partial charge on any atom is 0.227 e. The average molecular weight is 329 g/mol. The summed E-state index contributed by atoms with van der Waals surface area (Å²) in [6.07, 6.45) is 3.08. The highest BCUT2D eigenvalue weighted by molar-refractivity contribution is 5.93.